The van der Waals surface area contributed by atoms with Gasteiger partial charge in [0.25, 0.3) is 11.8 Å². The van der Waals surface area contributed by atoms with Crippen molar-refractivity contribution in [1.29, 1.82) is 0 Å². The van der Waals surface area contributed by atoms with Crippen LogP contribution in [0.5, 0.6) is 0 Å². The fourth-order valence-electron chi connectivity index (χ4n) is 4.22. The van der Waals surface area contributed by atoms with Gasteiger partial charge in [-0.1, -0.05) is 38.8 Å². The molecule has 0 aliphatic carbocycles. The van der Waals surface area contributed by atoms with Gasteiger partial charge in [0.05, 0.1) is 0 Å². The van der Waals surface area contributed by atoms with E-state index in [1.165, 1.54) is 17.1 Å². The lowest BCUT2D eigenvalue weighted by molar-refractivity contribution is -0.136. The number of carbonyl (C=O) groups excluding carboxylic acids is 3. The van der Waals surface area contributed by atoms with Gasteiger partial charge in [-0.05, 0) is 62.8 Å². The van der Waals surface area contributed by atoms with Crippen molar-refractivity contribution in [2.24, 2.45) is 11.7 Å². The minimum atomic E-state index is -0.491. The molecular weight excluding hydrogens is 468 g/mol. The van der Waals surface area contributed by atoms with E-state index in [-0.39, 0.29) is 17.9 Å². The van der Waals surface area contributed by atoms with E-state index < -0.39 is 6.03 Å². The Kier molecular flexibility index (Phi) is 13.7. The van der Waals surface area contributed by atoms with E-state index in [0.29, 0.717) is 25.0 Å². The first-order chi connectivity index (χ1) is 17.8. The van der Waals surface area contributed by atoms with Crippen LogP contribution < -0.4 is 27.0 Å². The number of nitrogens with one attached hydrogen (secondary N) is 4. The van der Waals surface area contributed by atoms with Gasteiger partial charge in [-0.15, -0.1) is 0 Å². The number of carbonyl (C=O) groups is 3. The number of urea groups is 1. The molecule has 0 saturated heterocycles. The molecule has 0 aromatic heterocycles. The van der Waals surface area contributed by atoms with Crippen LogP contribution in [-0.2, 0) is 9.59 Å². The highest BCUT2D eigenvalue weighted by atomic mass is 16.2. The monoisotopic (exact) mass is 513 g/mol. The summed E-state index contributed by atoms with van der Waals surface area (Å²) in [5.41, 5.74) is 7.23. The van der Waals surface area contributed by atoms with Crippen LogP contribution >= 0.6 is 0 Å². The Morgan fingerprint density at radius 2 is 1.59 bits per heavy atom. The third-order valence-corrected chi connectivity index (χ3v) is 6.58. The minimum Gasteiger partial charge on any atom is -0.383 e. The Morgan fingerprint density at radius 1 is 0.919 bits per heavy atom. The molecule has 9 heteroatoms. The summed E-state index contributed by atoms with van der Waals surface area (Å²) in [6.07, 6.45) is 8.36. The molecule has 0 saturated carbocycles. The summed E-state index contributed by atoms with van der Waals surface area (Å²) in [7, 11) is 0. The fourth-order valence-corrected chi connectivity index (χ4v) is 4.22. The molecule has 0 unspecified atom stereocenters. The van der Waals surface area contributed by atoms with E-state index in [1.807, 2.05) is 24.3 Å². The van der Waals surface area contributed by atoms with Crippen LogP contribution in [0.4, 0.5) is 10.5 Å². The topological polar surface area (TPSA) is 129 Å². The SMILES string of the molecule is [CH2]c1ccc(NC[C@H](CCCNC(N)=O)NC[C@@H](NCCCCCCN2C(=O)C=CC2=O)C(C)C)cc1. The number of amides is 4. The number of imide groups is 1. The number of nitrogens with zero attached hydrogens (tertiary/aromatic N) is 1. The van der Waals surface area contributed by atoms with Crippen LogP contribution in [0.3, 0.4) is 0 Å². The van der Waals surface area contributed by atoms with E-state index in [1.54, 1.807) is 0 Å². The molecule has 1 aliphatic rings. The molecule has 0 fully saturated rings. The van der Waals surface area contributed by atoms with Gasteiger partial charge in [0.2, 0.25) is 0 Å². The van der Waals surface area contributed by atoms with Gasteiger partial charge >= 0.3 is 6.03 Å². The molecule has 1 aromatic rings. The number of anilines is 1. The number of hydrogen-bond acceptors (Lipinski definition) is 6. The van der Waals surface area contributed by atoms with Crippen molar-refractivity contribution in [3.63, 3.8) is 0 Å². The zero-order valence-corrected chi connectivity index (χ0v) is 22.4. The maximum atomic E-state index is 11.6. The molecule has 1 aromatic carbocycles. The lowest BCUT2D eigenvalue weighted by Crippen LogP contribution is -2.47. The molecule has 1 aliphatic heterocycles. The van der Waals surface area contributed by atoms with Crippen LogP contribution in [-0.4, -0.2) is 67.6 Å². The number of primary amides is 1. The first kappa shape index (κ1) is 30.3. The van der Waals surface area contributed by atoms with E-state index in [0.717, 1.165) is 69.4 Å². The Bertz CT molecular complexity index is 853. The van der Waals surface area contributed by atoms with E-state index in [9.17, 15) is 14.4 Å². The van der Waals surface area contributed by atoms with E-state index in [4.69, 9.17) is 5.73 Å². The Hall–Kier alpha value is -2.91. The average molecular weight is 514 g/mol. The number of nitrogens with two attached hydrogens (primary N) is 1. The average Bonchev–Trinajstić information content (AvgIpc) is 3.18. The van der Waals surface area contributed by atoms with Crippen molar-refractivity contribution in [2.45, 2.75) is 64.5 Å². The zero-order chi connectivity index (χ0) is 27.0. The Balaban J connectivity index is 1.70. The summed E-state index contributed by atoms with van der Waals surface area (Å²) in [5.74, 6) is 0.0717. The summed E-state index contributed by atoms with van der Waals surface area (Å²) < 4.78 is 0. The van der Waals surface area contributed by atoms with Gasteiger partial charge in [0, 0.05) is 56.1 Å². The molecule has 205 valence electrons. The third-order valence-electron chi connectivity index (χ3n) is 6.58. The van der Waals surface area contributed by atoms with Crippen LogP contribution in [0.15, 0.2) is 36.4 Å². The Morgan fingerprint density at radius 3 is 2.24 bits per heavy atom. The highest BCUT2D eigenvalue weighted by molar-refractivity contribution is 6.12. The molecule has 2 rings (SSSR count). The molecule has 4 amide bonds. The first-order valence-electron chi connectivity index (χ1n) is 13.5. The molecule has 1 heterocycles. The lowest BCUT2D eigenvalue weighted by Gasteiger charge is -2.27. The lowest BCUT2D eigenvalue weighted by atomic mass is 10.0. The van der Waals surface area contributed by atoms with Crippen molar-refractivity contribution in [3.05, 3.63) is 48.9 Å². The second-order valence-corrected chi connectivity index (χ2v) is 10.00. The highest BCUT2D eigenvalue weighted by Gasteiger charge is 2.22. The predicted octanol–water partition coefficient (Wildman–Crippen LogP) is 2.79. The maximum Gasteiger partial charge on any atom is 0.312 e. The maximum absolute atomic E-state index is 11.6. The summed E-state index contributed by atoms with van der Waals surface area (Å²) in [4.78, 5) is 35.5. The molecule has 9 nitrogen and oxygen atoms in total. The third kappa shape index (κ3) is 12.3. The number of rotatable bonds is 19. The first-order valence-corrected chi connectivity index (χ1v) is 13.5. The summed E-state index contributed by atoms with van der Waals surface area (Å²) >= 11 is 0. The zero-order valence-electron chi connectivity index (χ0n) is 22.4. The number of hydrogen-bond donors (Lipinski definition) is 5. The van der Waals surface area contributed by atoms with E-state index in [2.05, 4.69) is 42.0 Å². The highest BCUT2D eigenvalue weighted by Crippen LogP contribution is 2.11. The number of benzene rings is 1. The normalized spacial score (nSPS) is 14.9. The smallest absolute Gasteiger partial charge is 0.312 e. The van der Waals surface area contributed by atoms with Crippen molar-refractivity contribution in [3.8, 4) is 0 Å². The van der Waals surface area contributed by atoms with Gasteiger partial charge in [-0.2, -0.15) is 0 Å². The standard InChI is InChI=1S/C28H45N6O3/c1-21(2)25(30-16-6-4-5-7-18-34-26(35)14-15-27(34)36)20-33-24(9-8-17-31-28(29)37)19-32-23-12-10-22(3)11-13-23/h10-15,21,24-25,30,32-33H,3-9,16-20H2,1-2H3,(H3,29,31,37)/t24-,25+/m0/s1. The summed E-state index contributed by atoms with van der Waals surface area (Å²) in [5, 5.41) is 13.6. The molecule has 2 atom stereocenters. The fraction of sp³-hybridized carbons (Fsp3) is 0.571. The van der Waals surface area contributed by atoms with Crippen molar-refractivity contribution >= 4 is 23.5 Å². The predicted molar refractivity (Wildman–Crippen MR) is 149 cm³/mol. The Labute approximate surface area is 222 Å². The van der Waals surface area contributed by atoms with Gasteiger partial charge in [0.1, 0.15) is 0 Å². The molecule has 0 spiro atoms. The van der Waals surface area contributed by atoms with Crippen molar-refractivity contribution in [1.82, 2.24) is 20.9 Å². The molecule has 37 heavy (non-hydrogen) atoms. The van der Waals surface area contributed by atoms with Crippen molar-refractivity contribution < 1.29 is 14.4 Å². The van der Waals surface area contributed by atoms with Gasteiger partial charge in [0.15, 0.2) is 0 Å². The molecule has 1 radical (unpaired) electrons. The van der Waals surface area contributed by atoms with Crippen LogP contribution in [0, 0.1) is 12.8 Å². The van der Waals surface area contributed by atoms with E-state index >= 15 is 0 Å². The van der Waals surface area contributed by atoms with Gasteiger partial charge < -0.3 is 27.0 Å². The molecule has 6 N–H and O–H groups in total. The quantitative estimate of drug-likeness (QED) is 0.143. The van der Waals surface area contributed by atoms with Crippen molar-refractivity contribution in [2.75, 3.05) is 38.0 Å². The summed E-state index contributed by atoms with van der Waals surface area (Å²) in [6.45, 7) is 12.0. The number of unbranched alkanes of at least 4 members (excludes halogenated alkanes) is 3. The summed E-state index contributed by atoms with van der Waals surface area (Å²) in [6, 6.07) is 8.13. The molecular formula is C28H45N6O3. The second-order valence-electron chi connectivity index (χ2n) is 10.00. The van der Waals surface area contributed by atoms with Crippen LogP contribution in [0.25, 0.3) is 0 Å². The molecule has 0 bridgehead atoms. The van der Waals surface area contributed by atoms with Crippen LogP contribution in [0.2, 0.25) is 0 Å². The largest absolute Gasteiger partial charge is 0.383 e. The van der Waals surface area contributed by atoms with Gasteiger partial charge in [-0.3, -0.25) is 14.5 Å². The minimum absolute atomic E-state index is 0.201. The van der Waals surface area contributed by atoms with Crippen LogP contribution in [0.1, 0.15) is 57.9 Å². The second kappa shape index (κ2) is 16.8. The van der Waals surface area contributed by atoms with Gasteiger partial charge in [-0.25, -0.2) is 4.79 Å².